The van der Waals surface area contributed by atoms with Gasteiger partial charge in [0.1, 0.15) is 11.3 Å². The Morgan fingerprint density at radius 2 is 1.90 bits per heavy atom. The van der Waals surface area contributed by atoms with Gasteiger partial charge in [-0.3, -0.25) is 9.59 Å². The van der Waals surface area contributed by atoms with Crippen LogP contribution in [-0.2, 0) is 4.79 Å². The average molecular weight is 295 g/mol. The zero-order valence-electron chi connectivity index (χ0n) is 12.6. The SMILES string of the molecule is CNC(=O)CCCCOc1ccc(OC)c(C=O)c1OC. The lowest BCUT2D eigenvalue weighted by molar-refractivity contribution is -0.120. The first kappa shape index (κ1) is 16.8. The largest absolute Gasteiger partial charge is 0.496 e. The lowest BCUT2D eigenvalue weighted by Crippen LogP contribution is -2.17. The van der Waals surface area contributed by atoms with Gasteiger partial charge in [-0.15, -0.1) is 0 Å². The van der Waals surface area contributed by atoms with Crippen molar-refractivity contribution in [2.75, 3.05) is 27.9 Å². The predicted octanol–water partition coefficient (Wildman–Crippen LogP) is 1.81. The van der Waals surface area contributed by atoms with Crippen molar-refractivity contribution in [1.82, 2.24) is 5.32 Å². The van der Waals surface area contributed by atoms with Crippen LogP contribution < -0.4 is 19.5 Å². The van der Waals surface area contributed by atoms with Crippen LogP contribution in [0.4, 0.5) is 0 Å². The third-order valence-electron chi connectivity index (χ3n) is 3.00. The highest BCUT2D eigenvalue weighted by atomic mass is 16.5. The molecule has 21 heavy (non-hydrogen) atoms. The molecule has 0 spiro atoms. The van der Waals surface area contributed by atoms with Gasteiger partial charge in [-0.05, 0) is 25.0 Å². The Labute approximate surface area is 124 Å². The van der Waals surface area contributed by atoms with Gasteiger partial charge in [0.2, 0.25) is 5.91 Å². The smallest absolute Gasteiger partial charge is 0.219 e. The number of methoxy groups -OCH3 is 2. The van der Waals surface area contributed by atoms with Gasteiger partial charge in [-0.25, -0.2) is 0 Å². The van der Waals surface area contributed by atoms with Gasteiger partial charge in [0, 0.05) is 13.5 Å². The molecule has 6 nitrogen and oxygen atoms in total. The maximum absolute atomic E-state index is 11.1. The number of hydrogen-bond acceptors (Lipinski definition) is 5. The van der Waals surface area contributed by atoms with E-state index in [1.165, 1.54) is 14.2 Å². The molecule has 0 heterocycles. The van der Waals surface area contributed by atoms with Crippen molar-refractivity contribution in [3.05, 3.63) is 17.7 Å². The Bertz CT molecular complexity index is 487. The molecule has 0 saturated heterocycles. The van der Waals surface area contributed by atoms with Gasteiger partial charge in [-0.1, -0.05) is 0 Å². The van der Waals surface area contributed by atoms with E-state index in [-0.39, 0.29) is 5.91 Å². The van der Waals surface area contributed by atoms with Gasteiger partial charge in [0.15, 0.2) is 17.8 Å². The number of amides is 1. The summed E-state index contributed by atoms with van der Waals surface area (Å²) in [5, 5.41) is 2.57. The van der Waals surface area contributed by atoms with Crippen LogP contribution in [0.15, 0.2) is 12.1 Å². The molecule has 0 atom stereocenters. The quantitative estimate of drug-likeness (QED) is 0.555. The third-order valence-corrected chi connectivity index (χ3v) is 3.00. The van der Waals surface area contributed by atoms with E-state index in [1.54, 1.807) is 19.2 Å². The monoisotopic (exact) mass is 295 g/mol. The Balaban J connectivity index is 2.63. The van der Waals surface area contributed by atoms with Gasteiger partial charge in [0.05, 0.1) is 20.8 Å². The summed E-state index contributed by atoms with van der Waals surface area (Å²) >= 11 is 0. The molecule has 0 aromatic heterocycles. The zero-order valence-corrected chi connectivity index (χ0v) is 12.6. The molecule has 0 bridgehead atoms. The molecule has 1 aromatic carbocycles. The van der Waals surface area contributed by atoms with Crippen molar-refractivity contribution < 1.29 is 23.8 Å². The topological polar surface area (TPSA) is 73.9 Å². The molecule has 0 aliphatic carbocycles. The fourth-order valence-corrected chi connectivity index (χ4v) is 1.87. The van der Waals surface area contributed by atoms with Crippen LogP contribution in [-0.4, -0.2) is 40.1 Å². The van der Waals surface area contributed by atoms with Gasteiger partial charge >= 0.3 is 0 Å². The lowest BCUT2D eigenvalue weighted by Gasteiger charge is -2.14. The summed E-state index contributed by atoms with van der Waals surface area (Å²) in [5.41, 5.74) is 0.322. The highest BCUT2D eigenvalue weighted by Crippen LogP contribution is 2.36. The molecule has 0 aliphatic heterocycles. The third kappa shape index (κ3) is 4.66. The van der Waals surface area contributed by atoms with E-state index >= 15 is 0 Å². The molecule has 6 heteroatoms. The number of carbonyl (C=O) groups is 2. The second-order valence-electron chi connectivity index (χ2n) is 4.31. The van der Waals surface area contributed by atoms with Crippen molar-refractivity contribution in [2.45, 2.75) is 19.3 Å². The molecule has 1 amide bonds. The molecule has 0 unspecified atom stereocenters. The molecule has 116 valence electrons. The Morgan fingerprint density at radius 1 is 1.19 bits per heavy atom. The second-order valence-corrected chi connectivity index (χ2v) is 4.31. The first-order valence-electron chi connectivity index (χ1n) is 6.71. The Morgan fingerprint density at radius 3 is 2.48 bits per heavy atom. The molecule has 1 rings (SSSR count). The predicted molar refractivity (Wildman–Crippen MR) is 78.3 cm³/mol. The minimum absolute atomic E-state index is 0.0141. The van der Waals surface area contributed by atoms with E-state index in [2.05, 4.69) is 5.32 Å². The summed E-state index contributed by atoms with van der Waals surface area (Å²) < 4.78 is 15.9. The summed E-state index contributed by atoms with van der Waals surface area (Å²) in [7, 11) is 4.57. The summed E-state index contributed by atoms with van der Waals surface area (Å²) in [6, 6.07) is 3.36. The zero-order chi connectivity index (χ0) is 15.7. The summed E-state index contributed by atoms with van der Waals surface area (Å²) in [6.07, 6.45) is 2.62. The maximum Gasteiger partial charge on any atom is 0.219 e. The molecular formula is C15H21NO5. The maximum atomic E-state index is 11.1. The van der Waals surface area contributed by atoms with Crippen LogP contribution >= 0.6 is 0 Å². The van der Waals surface area contributed by atoms with Crippen molar-refractivity contribution in [3.63, 3.8) is 0 Å². The van der Waals surface area contributed by atoms with Crippen LogP contribution in [0.5, 0.6) is 17.2 Å². The molecule has 0 radical (unpaired) electrons. The number of ether oxygens (including phenoxy) is 3. The van der Waals surface area contributed by atoms with E-state index in [9.17, 15) is 9.59 Å². The summed E-state index contributed by atoms with van der Waals surface area (Å²) in [6.45, 7) is 0.442. The second kappa shape index (κ2) is 8.84. The van der Waals surface area contributed by atoms with Crippen LogP contribution in [0.1, 0.15) is 29.6 Å². The van der Waals surface area contributed by atoms with E-state index in [0.717, 1.165) is 12.8 Å². The molecule has 0 saturated carbocycles. The highest BCUT2D eigenvalue weighted by molar-refractivity contribution is 5.85. The fourth-order valence-electron chi connectivity index (χ4n) is 1.87. The minimum atomic E-state index is 0.0141. The van der Waals surface area contributed by atoms with Crippen LogP contribution in [0.25, 0.3) is 0 Å². The number of unbranched alkanes of at least 4 members (excludes halogenated alkanes) is 1. The molecule has 0 aliphatic rings. The van der Waals surface area contributed by atoms with Crippen molar-refractivity contribution >= 4 is 12.2 Å². The molecule has 1 aromatic rings. The summed E-state index contributed by atoms with van der Waals surface area (Å²) in [4.78, 5) is 22.2. The van der Waals surface area contributed by atoms with Gasteiger partial charge < -0.3 is 19.5 Å². The number of rotatable bonds is 9. The summed E-state index contributed by atoms with van der Waals surface area (Å²) in [5.74, 6) is 1.30. The number of aldehydes is 1. The number of benzene rings is 1. The number of nitrogens with one attached hydrogen (secondary N) is 1. The number of carbonyl (C=O) groups excluding carboxylic acids is 2. The first-order valence-corrected chi connectivity index (χ1v) is 6.71. The average Bonchev–Trinajstić information content (AvgIpc) is 2.53. The Kier molecular flexibility index (Phi) is 7.08. The van der Waals surface area contributed by atoms with Crippen LogP contribution in [0, 0.1) is 0 Å². The van der Waals surface area contributed by atoms with Crippen molar-refractivity contribution in [2.24, 2.45) is 0 Å². The van der Waals surface area contributed by atoms with E-state index < -0.39 is 0 Å². The molecular weight excluding hydrogens is 274 g/mol. The fraction of sp³-hybridized carbons (Fsp3) is 0.467. The van der Waals surface area contributed by atoms with E-state index in [0.29, 0.717) is 42.1 Å². The number of hydrogen-bond donors (Lipinski definition) is 1. The Hall–Kier alpha value is -2.24. The first-order chi connectivity index (χ1) is 10.2. The van der Waals surface area contributed by atoms with Crippen LogP contribution in [0.2, 0.25) is 0 Å². The van der Waals surface area contributed by atoms with Crippen LogP contribution in [0.3, 0.4) is 0 Å². The van der Waals surface area contributed by atoms with Gasteiger partial charge in [-0.2, -0.15) is 0 Å². The van der Waals surface area contributed by atoms with E-state index in [1.807, 2.05) is 0 Å². The normalized spacial score (nSPS) is 9.86. The lowest BCUT2D eigenvalue weighted by atomic mass is 10.1. The van der Waals surface area contributed by atoms with Crippen molar-refractivity contribution in [3.8, 4) is 17.2 Å². The highest BCUT2D eigenvalue weighted by Gasteiger charge is 2.15. The van der Waals surface area contributed by atoms with E-state index in [4.69, 9.17) is 14.2 Å². The molecule has 0 fully saturated rings. The van der Waals surface area contributed by atoms with Crippen molar-refractivity contribution in [1.29, 1.82) is 0 Å². The standard InChI is InChI=1S/C15H21NO5/c1-16-14(18)6-4-5-9-21-13-8-7-12(19-2)11(10-17)15(13)20-3/h7-8,10H,4-6,9H2,1-3H3,(H,16,18). The molecule has 1 N–H and O–H groups in total. The van der Waals surface area contributed by atoms with Gasteiger partial charge in [0.25, 0.3) is 0 Å². The minimum Gasteiger partial charge on any atom is -0.496 e.